The van der Waals surface area contributed by atoms with E-state index >= 15 is 0 Å². The first-order valence-electron chi connectivity index (χ1n) is 5.70. The van der Waals surface area contributed by atoms with Crippen molar-refractivity contribution in [1.82, 2.24) is 10.6 Å². The molecule has 0 saturated heterocycles. The molecule has 1 unspecified atom stereocenters. The molecule has 0 spiro atoms. The number of nitrogens with one attached hydrogen (secondary N) is 2. The van der Waals surface area contributed by atoms with Gasteiger partial charge in [-0.1, -0.05) is 6.07 Å². The SMILES string of the molecule is Nc1ccc2c(c1)C(NC(=O)NCC(=O)O)CC2. The van der Waals surface area contributed by atoms with Crippen LogP contribution in [0.2, 0.25) is 0 Å². The summed E-state index contributed by atoms with van der Waals surface area (Å²) in [5, 5.41) is 13.5. The molecule has 0 fully saturated rings. The lowest BCUT2D eigenvalue weighted by atomic mass is 10.1. The third kappa shape index (κ3) is 2.71. The van der Waals surface area contributed by atoms with Crippen LogP contribution >= 0.6 is 0 Å². The predicted octanol–water partition coefficient (Wildman–Crippen LogP) is 0.640. The molecular formula is C12H15N3O3. The molecule has 1 aromatic carbocycles. The van der Waals surface area contributed by atoms with Crippen molar-refractivity contribution >= 4 is 17.7 Å². The summed E-state index contributed by atoms with van der Waals surface area (Å²) in [6.45, 7) is -0.387. The summed E-state index contributed by atoms with van der Waals surface area (Å²) >= 11 is 0. The number of urea groups is 1. The standard InChI is InChI=1S/C12H15N3O3/c13-8-3-1-7-2-4-10(9(7)5-8)15-12(18)14-6-11(16)17/h1,3,5,10H,2,4,6,13H2,(H,16,17)(H2,14,15,18). The largest absolute Gasteiger partial charge is 0.480 e. The van der Waals surface area contributed by atoms with Crippen molar-refractivity contribution in [2.24, 2.45) is 0 Å². The molecule has 0 saturated carbocycles. The fraction of sp³-hybridized carbons (Fsp3) is 0.333. The lowest BCUT2D eigenvalue weighted by Crippen LogP contribution is -2.39. The lowest BCUT2D eigenvalue weighted by molar-refractivity contribution is -0.135. The van der Waals surface area contributed by atoms with Gasteiger partial charge in [-0.25, -0.2) is 4.79 Å². The number of amides is 2. The maximum Gasteiger partial charge on any atom is 0.323 e. The van der Waals surface area contributed by atoms with Gasteiger partial charge in [0.25, 0.3) is 0 Å². The summed E-state index contributed by atoms with van der Waals surface area (Å²) in [7, 11) is 0. The molecule has 2 rings (SSSR count). The number of hydrogen-bond donors (Lipinski definition) is 4. The molecule has 96 valence electrons. The van der Waals surface area contributed by atoms with E-state index < -0.39 is 12.0 Å². The number of nitrogen functional groups attached to an aromatic ring is 1. The molecule has 1 atom stereocenters. The molecule has 0 heterocycles. The molecule has 1 aromatic rings. The number of carboxylic acid groups (broad SMARTS) is 1. The van der Waals surface area contributed by atoms with E-state index in [9.17, 15) is 9.59 Å². The van der Waals surface area contributed by atoms with Crippen molar-refractivity contribution in [1.29, 1.82) is 0 Å². The monoisotopic (exact) mass is 249 g/mol. The van der Waals surface area contributed by atoms with Gasteiger partial charge in [0.15, 0.2) is 0 Å². The molecule has 0 aliphatic heterocycles. The summed E-state index contributed by atoms with van der Waals surface area (Å²) in [5.74, 6) is -1.07. The van der Waals surface area contributed by atoms with E-state index in [1.54, 1.807) is 0 Å². The summed E-state index contributed by atoms with van der Waals surface area (Å²) in [5.41, 5.74) is 8.56. The van der Waals surface area contributed by atoms with Crippen molar-refractivity contribution in [3.05, 3.63) is 29.3 Å². The molecule has 5 N–H and O–H groups in total. The van der Waals surface area contributed by atoms with Gasteiger partial charge in [-0.2, -0.15) is 0 Å². The number of nitrogens with two attached hydrogens (primary N) is 1. The summed E-state index contributed by atoms with van der Waals surface area (Å²) < 4.78 is 0. The van der Waals surface area contributed by atoms with Gasteiger partial charge in [0, 0.05) is 5.69 Å². The first kappa shape index (κ1) is 12.2. The topological polar surface area (TPSA) is 104 Å². The molecule has 6 nitrogen and oxygen atoms in total. The van der Waals surface area contributed by atoms with Crippen LogP contribution in [0.15, 0.2) is 18.2 Å². The Bertz CT molecular complexity index is 487. The van der Waals surface area contributed by atoms with Crippen molar-refractivity contribution in [3.8, 4) is 0 Å². The van der Waals surface area contributed by atoms with E-state index in [0.29, 0.717) is 5.69 Å². The number of carboxylic acids is 1. The van der Waals surface area contributed by atoms with E-state index in [4.69, 9.17) is 10.8 Å². The van der Waals surface area contributed by atoms with Crippen LogP contribution in [0, 0.1) is 0 Å². The molecule has 1 aliphatic carbocycles. The second-order valence-corrected chi connectivity index (χ2v) is 4.27. The molecule has 2 amide bonds. The third-order valence-electron chi connectivity index (χ3n) is 2.95. The number of hydrogen-bond acceptors (Lipinski definition) is 3. The molecule has 0 aromatic heterocycles. The Balaban J connectivity index is 1.99. The second-order valence-electron chi connectivity index (χ2n) is 4.27. The highest BCUT2D eigenvalue weighted by atomic mass is 16.4. The average Bonchev–Trinajstić information content (AvgIpc) is 2.69. The van der Waals surface area contributed by atoms with Crippen LogP contribution in [0.4, 0.5) is 10.5 Å². The summed E-state index contributed by atoms with van der Waals surface area (Å²) in [6, 6.07) is 5.08. The van der Waals surface area contributed by atoms with Crippen LogP contribution in [0.25, 0.3) is 0 Å². The van der Waals surface area contributed by atoms with Crippen LogP contribution in [-0.2, 0) is 11.2 Å². The minimum atomic E-state index is -1.07. The Morgan fingerprint density at radius 2 is 2.22 bits per heavy atom. The van der Waals surface area contributed by atoms with E-state index in [-0.39, 0.29) is 12.6 Å². The Morgan fingerprint density at radius 1 is 1.44 bits per heavy atom. The zero-order chi connectivity index (χ0) is 13.1. The number of rotatable bonds is 3. The van der Waals surface area contributed by atoms with Crippen LogP contribution in [-0.4, -0.2) is 23.7 Å². The predicted molar refractivity (Wildman–Crippen MR) is 66.1 cm³/mol. The molecule has 0 bridgehead atoms. The maximum atomic E-state index is 11.5. The van der Waals surface area contributed by atoms with Gasteiger partial charge in [0.1, 0.15) is 6.54 Å². The first-order valence-corrected chi connectivity index (χ1v) is 5.70. The van der Waals surface area contributed by atoms with Gasteiger partial charge in [-0.3, -0.25) is 4.79 Å². The normalized spacial score (nSPS) is 17.0. The van der Waals surface area contributed by atoms with Gasteiger partial charge in [0.05, 0.1) is 6.04 Å². The van der Waals surface area contributed by atoms with Crippen molar-refractivity contribution in [3.63, 3.8) is 0 Å². The number of aliphatic carboxylic acids is 1. The number of fused-ring (bicyclic) bond motifs is 1. The van der Waals surface area contributed by atoms with Gasteiger partial charge in [0.2, 0.25) is 0 Å². The van der Waals surface area contributed by atoms with Crippen LogP contribution in [0.5, 0.6) is 0 Å². The lowest BCUT2D eigenvalue weighted by Gasteiger charge is -2.14. The summed E-state index contributed by atoms with van der Waals surface area (Å²) in [4.78, 5) is 21.8. The summed E-state index contributed by atoms with van der Waals surface area (Å²) in [6.07, 6.45) is 1.69. The van der Waals surface area contributed by atoms with E-state index in [0.717, 1.165) is 18.4 Å². The van der Waals surface area contributed by atoms with Crippen LogP contribution in [0.1, 0.15) is 23.6 Å². The quantitative estimate of drug-likeness (QED) is 0.590. The second kappa shape index (κ2) is 4.95. The van der Waals surface area contributed by atoms with E-state index in [1.165, 1.54) is 5.56 Å². The molecule has 0 radical (unpaired) electrons. The zero-order valence-corrected chi connectivity index (χ0v) is 9.77. The van der Waals surface area contributed by atoms with Crippen LogP contribution in [0.3, 0.4) is 0 Å². The highest BCUT2D eigenvalue weighted by Gasteiger charge is 2.23. The number of carbonyl (C=O) groups is 2. The van der Waals surface area contributed by atoms with Gasteiger partial charge >= 0.3 is 12.0 Å². The Kier molecular flexibility index (Phi) is 3.36. The van der Waals surface area contributed by atoms with E-state index in [1.807, 2.05) is 18.2 Å². The Labute approximate surface area is 104 Å². The highest BCUT2D eigenvalue weighted by Crippen LogP contribution is 2.32. The van der Waals surface area contributed by atoms with Crippen molar-refractivity contribution < 1.29 is 14.7 Å². The molecule has 1 aliphatic rings. The number of anilines is 1. The van der Waals surface area contributed by atoms with Crippen LogP contribution < -0.4 is 16.4 Å². The number of benzene rings is 1. The third-order valence-corrected chi connectivity index (χ3v) is 2.95. The molecule has 18 heavy (non-hydrogen) atoms. The van der Waals surface area contributed by atoms with Gasteiger partial charge in [-0.05, 0) is 36.1 Å². The number of carbonyl (C=O) groups excluding carboxylic acids is 1. The molecule has 6 heteroatoms. The van der Waals surface area contributed by atoms with Crippen molar-refractivity contribution in [2.75, 3.05) is 12.3 Å². The fourth-order valence-electron chi connectivity index (χ4n) is 2.14. The average molecular weight is 249 g/mol. The molecular weight excluding hydrogens is 234 g/mol. The first-order chi connectivity index (χ1) is 8.56. The smallest absolute Gasteiger partial charge is 0.323 e. The number of aryl methyl sites for hydroxylation is 1. The zero-order valence-electron chi connectivity index (χ0n) is 9.77. The van der Waals surface area contributed by atoms with Gasteiger partial charge < -0.3 is 21.5 Å². The highest BCUT2D eigenvalue weighted by molar-refractivity contribution is 5.80. The minimum absolute atomic E-state index is 0.0997. The van der Waals surface area contributed by atoms with E-state index in [2.05, 4.69) is 10.6 Å². The maximum absolute atomic E-state index is 11.5. The Hall–Kier alpha value is -2.24. The van der Waals surface area contributed by atoms with Crippen molar-refractivity contribution in [2.45, 2.75) is 18.9 Å². The fourth-order valence-corrected chi connectivity index (χ4v) is 2.14. The minimum Gasteiger partial charge on any atom is -0.480 e. The van der Waals surface area contributed by atoms with Gasteiger partial charge in [-0.15, -0.1) is 0 Å². The Morgan fingerprint density at radius 3 is 2.94 bits per heavy atom.